The van der Waals surface area contributed by atoms with Crippen LogP contribution in [0.4, 0.5) is 10.5 Å². The second-order valence-corrected chi connectivity index (χ2v) is 3.09. The molecule has 0 aromatic heterocycles. The zero-order valence-electron chi connectivity index (χ0n) is 9.79. The van der Waals surface area contributed by atoms with Crippen LogP contribution in [0.15, 0.2) is 12.1 Å². The number of nitrogens with one attached hydrogen (secondary N) is 1. The first-order valence-electron chi connectivity index (χ1n) is 4.70. The molecule has 0 aliphatic heterocycles. The lowest BCUT2D eigenvalue weighted by Crippen LogP contribution is -2.12. The Morgan fingerprint density at radius 2 is 1.88 bits per heavy atom. The second kappa shape index (κ2) is 5.25. The first-order valence-corrected chi connectivity index (χ1v) is 4.70. The molecule has 0 aliphatic carbocycles. The minimum atomic E-state index is -0.539. The molecule has 0 fully saturated rings. The molecule has 0 bridgehead atoms. The fourth-order valence-electron chi connectivity index (χ4n) is 1.42. The third-order valence-corrected chi connectivity index (χ3v) is 2.20. The van der Waals surface area contributed by atoms with Crippen molar-refractivity contribution in [2.75, 3.05) is 26.6 Å². The van der Waals surface area contributed by atoms with Gasteiger partial charge < -0.3 is 14.2 Å². The highest BCUT2D eigenvalue weighted by Gasteiger charge is 2.13. The van der Waals surface area contributed by atoms with E-state index in [1.165, 1.54) is 14.2 Å². The van der Waals surface area contributed by atoms with Crippen molar-refractivity contribution in [2.24, 2.45) is 0 Å². The molecular formula is C11H15NO4. The van der Waals surface area contributed by atoms with Gasteiger partial charge >= 0.3 is 6.09 Å². The maximum Gasteiger partial charge on any atom is 0.411 e. The van der Waals surface area contributed by atoms with Crippen LogP contribution in [0.5, 0.6) is 11.5 Å². The van der Waals surface area contributed by atoms with Crippen LogP contribution in [0.1, 0.15) is 5.56 Å². The summed E-state index contributed by atoms with van der Waals surface area (Å²) in [5, 5.41) is 2.56. The Kier molecular flexibility index (Phi) is 3.99. The van der Waals surface area contributed by atoms with Gasteiger partial charge in [-0.15, -0.1) is 0 Å². The number of hydrogen-bond acceptors (Lipinski definition) is 4. The van der Waals surface area contributed by atoms with Crippen LogP contribution in [-0.4, -0.2) is 27.4 Å². The van der Waals surface area contributed by atoms with E-state index in [0.29, 0.717) is 17.2 Å². The summed E-state index contributed by atoms with van der Waals surface area (Å²) in [7, 11) is 4.41. The third-order valence-electron chi connectivity index (χ3n) is 2.20. The summed E-state index contributed by atoms with van der Waals surface area (Å²) >= 11 is 0. The molecule has 0 radical (unpaired) electrons. The van der Waals surface area contributed by atoms with Gasteiger partial charge in [0.25, 0.3) is 0 Å². The number of carbonyl (C=O) groups is 1. The zero-order chi connectivity index (χ0) is 12.1. The van der Waals surface area contributed by atoms with E-state index in [1.54, 1.807) is 19.2 Å². The van der Waals surface area contributed by atoms with Crippen LogP contribution in [0.25, 0.3) is 0 Å². The summed E-state index contributed by atoms with van der Waals surface area (Å²) in [5.74, 6) is 1.26. The van der Waals surface area contributed by atoms with Gasteiger partial charge in [0.05, 0.1) is 27.0 Å². The summed E-state index contributed by atoms with van der Waals surface area (Å²) < 4.78 is 14.9. The highest BCUT2D eigenvalue weighted by molar-refractivity contribution is 5.87. The standard InChI is InChI=1S/C11H15NO4/c1-7-9(14-2)6-5-8(10(7)15-3)12-11(13)16-4/h5-6H,1-4H3,(H,12,13). The van der Waals surface area contributed by atoms with Gasteiger partial charge in [-0.05, 0) is 19.1 Å². The van der Waals surface area contributed by atoms with Crippen molar-refractivity contribution in [1.82, 2.24) is 0 Å². The summed E-state index contributed by atoms with van der Waals surface area (Å²) in [5.41, 5.74) is 1.37. The normalized spacial score (nSPS) is 9.50. The van der Waals surface area contributed by atoms with Crippen molar-refractivity contribution in [1.29, 1.82) is 0 Å². The van der Waals surface area contributed by atoms with Crippen molar-refractivity contribution in [2.45, 2.75) is 6.92 Å². The van der Waals surface area contributed by atoms with Gasteiger partial charge in [0, 0.05) is 5.56 Å². The maximum absolute atomic E-state index is 11.1. The molecule has 0 saturated carbocycles. The third kappa shape index (κ3) is 2.36. The van der Waals surface area contributed by atoms with Gasteiger partial charge in [0.2, 0.25) is 0 Å². The van der Waals surface area contributed by atoms with Crippen molar-refractivity contribution >= 4 is 11.8 Å². The minimum Gasteiger partial charge on any atom is -0.496 e. The Hall–Kier alpha value is -1.91. The minimum absolute atomic E-state index is 0.539. The van der Waals surface area contributed by atoms with E-state index in [2.05, 4.69) is 10.1 Å². The largest absolute Gasteiger partial charge is 0.496 e. The number of benzene rings is 1. The number of ether oxygens (including phenoxy) is 3. The monoisotopic (exact) mass is 225 g/mol. The molecule has 5 heteroatoms. The van der Waals surface area contributed by atoms with Gasteiger partial charge in [-0.3, -0.25) is 5.32 Å². The average molecular weight is 225 g/mol. The predicted octanol–water partition coefficient (Wildman–Crippen LogP) is 2.19. The molecule has 88 valence electrons. The molecular weight excluding hydrogens is 210 g/mol. The fraction of sp³-hybridized carbons (Fsp3) is 0.364. The smallest absolute Gasteiger partial charge is 0.411 e. The SMILES string of the molecule is COC(=O)Nc1ccc(OC)c(C)c1OC. The second-order valence-electron chi connectivity index (χ2n) is 3.09. The van der Waals surface area contributed by atoms with Crippen LogP contribution in [-0.2, 0) is 4.74 Å². The summed E-state index contributed by atoms with van der Waals surface area (Å²) in [4.78, 5) is 11.1. The molecule has 0 unspecified atom stereocenters. The predicted molar refractivity (Wildman–Crippen MR) is 60.3 cm³/mol. The van der Waals surface area contributed by atoms with Crippen LogP contribution in [0.2, 0.25) is 0 Å². The van der Waals surface area contributed by atoms with E-state index in [9.17, 15) is 4.79 Å². The van der Waals surface area contributed by atoms with Gasteiger partial charge in [-0.25, -0.2) is 4.79 Å². The van der Waals surface area contributed by atoms with Crippen LogP contribution in [0, 0.1) is 6.92 Å². The maximum atomic E-state index is 11.1. The van der Waals surface area contributed by atoms with Gasteiger partial charge in [0.15, 0.2) is 0 Å². The topological polar surface area (TPSA) is 56.8 Å². The van der Waals surface area contributed by atoms with E-state index in [1.807, 2.05) is 6.92 Å². The molecule has 1 amide bonds. The molecule has 1 rings (SSSR count). The molecule has 1 aromatic rings. The Morgan fingerprint density at radius 3 is 2.38 bits per heavy atom. The molecule has 1 N–H and O–H groups in total. The molecule has 16 heavy (non-hydrogen) atoms. The Morgan fingerprint density at radius 1 is 1.19 bits per heavy atom. The van der Waals surface area contributed by atoms with Crippen LogP contribution in [0.3, 0.4) is 0 Å². The Labute approximate surface area is 94.3 Å². The van der Waals surface area contributed by atoms with E-state index >= 15 is 0 Å². The highest BCUT2D eigenvalue weighted by Crippen LogP contribution is 2.34. The number of hydrogen-bond donors (Lipinski definition) is 1. The fourth-order valence-corrected chi connectivity index (χ4v) is 1.42. The molecule has 0 aliphatic rings. The molecule has 0 saturated heterocycles. The van der Waals surface area contributed by atoms with Crippen LogP contribution >= 0.6 is 0 Å². The number of amides is 1. The van der Waals surface area contributed by atoms with E-state index in [0.717, 1.165) is 5.56 Å². The Bertz CT molecular complexity index is 390. The van der Waals surface area contributed by atoms with E-state index in [4.69, 9.17) is 9.47 Å². The summed E-state index contributed by atoms with van der Waals surface area (Å²) in [6, 6.07) is 3.45. The summed E-state index contributed by atoms with van der Waals surface area (Å²) in [6.45, 7) is 1.85. The van der Waals surface area contributed by atoms with Gasteiger partial charge in [-0.1, -0.05) is 0 Å². The van der Waals surface area contributed by atoms with Crippen molar-refractivity contribution in [3.63, 3.8) is 0 Å². The number of carbonyl (C=O) groups excluding carboxylic acids is 1. The molecule has 0 atom stereocenters. The molecule has 0 spiro atoms. The average Bonchev–Trinajstić information content (AvgIpc) is 2.29. The van der Waals surface area contributed by atoms with Crippen molar-refractivity contribution in [3.8, 4) is 11.5 Å². The summed E-state index contributed by atoms with van der Waals surface area (Å²) in [6.07, 6.45) is -0.539. The quantitative estimate of drug-likeness (QED) is 0.856. The van der Waals surface area contributed by atoms with Crippen molar-refractivity contribution in [3.05, 3.63) is 17.7 Å². The van der Waals surface area contributed by atoms with Gasteiger partial charge in [0.1, 0.15) is 11.5 Å². The molecule has 5 nitrogen and oxygen atoms in total. The van der Waals surface area contributed by atoms with Crippen LogP contribution < -0.4 is 14.8 Å². The first-order chi connectivity index (χ1) is 7.63. The molecule has 0 heterocycles. The number of methoxy groups -OCH3 is 3. The van der Waals surface area contributed by atoms with Gasteiger partial charge in [-0.2, -0.15) is 0 Å². The number of anilines is 1. The van der Waals surface area contributed by atoms with E-state index in [-0.39, 0.29) is 0 Å². The lowest BCUT2D eigenvalue weighted by Gasteiger charge is -2.14. The van der Waals surface area contributed by atoms with E-state index < -0.39 is 6.09 Å². The zero-order valence-corrected chi connectivity index (χ0v) is 9.79. The lowest BCUT2D eigenvalue weighted by molar-refractivity contribution is 0.187. The highest BCUT2D eigenvalue weighted by atomic mass is 16.5. The first kappa shape index (κ1) is 12.2. The Balaban J connectivity index is 3.10. The van der Waals surface area contributed by atoms with Crippen molar-refractivity contribution < 1.29 is 19.0 Å². The lowest BCUT2D eigenvalue weighted by atomic mass is 10.1. The molecule has 1 aromatic carbocycles. The number of rotatable bonds is 3.